The first kappa shape index (κ1) is 20.6. The Labute approximate surface area is 162 Å². The lowest BCUT2D eigenvalue weighted by molar-refractivity contribution is -0.143. The Kier molecular flexibility index (Phi) is 4.99. The molecule has 3 rings (SSSR count). The van der Waals surface area contributed by atoms with Crippen LogP contribution in [0.25, 0.3) is 0 Å². The van der Waals surface area contributed by atoms with Gasteiger partial charge >= 0.3 is 5.92 Å². The van der Waals surface area contributed by atoms with E-state index in [-0.39, 0.29) is 11.3 Å². The summed E-state index contributed by atoms with van der Waals surface area (Å²) in [6.07, 6.45) is -3.41. The fourth-order valence-electron chi connectivity index (χ4n) is 3.02. The smallest absolute Gasteiger partial charge is 0.312 e. The molecule has 3 unspecified atom stereocenters. The number of nitrogens with zero attached hydrogens (tertiary/aromatic N) is 3. The average molecular weight is 425 g/mol. The van der Waals surface area contributed by atoms with E-state index in [1.54, 1.807) is 6.07 Å². The fraction of sp³-hybridized carbons (Fsp3) is 0.222. The van der Waals surface area contributed by atoms with E-state index in [0.717, 1.165) is 36.6 Å². The van der Waals surface area contributed by atoms with Crippen LogP contribution in [-0.4, -0.2) is 21.5 Å². The van der Waals surface area contributed by atoms with Crippen LogP contribution in [0.2, 0.25) is 0 Å². The van der Waals surface area contributed by atoms with E-state index in [2.05, 4.69) is 4.36 Å². The van der Waals surface area contributed by atoms with Crippen molar-refractivity contribution in [3.8, 4) is 23.8 Å². The molecule has 1 aliphatic rings. The molecular weight excluding hydrogens is 414 g/mol. The van der Waals surface area contributed by atoms with Gasteiger partial charge < -0.3 is 9.84 Å². The SMILES string of the molecule is CS(=O)(=NC#N)c1ccc(Oc2cc(F)cc(C#N)c2)c2c1C(O)C(F)(F)C2F. The summed E-state index contributed by atoms with van der Waals surface area (Å²) in [6.45, 7) is 0. The van der Waals surface area contributed by atoms with E-state index < -0.39 is 55.5 Å². The Morgan fingerprint density at radius 2 is 1.93 bits per heavy atom. The van der Waals surface area contributed by atoms with Gasteiger partial charge in [-0.25, -0.2) is 13.0 Å². The molecule has 11 heteroatoms. The van der Waals surface area contributed by atoms with E-state index in [1.165, 1.54) is 6.19 Å². The lowest BCUT2D eigenvalue weighted by Gasteiger charge is -2.16. The molecule has 0 radical (unpaired) electrons. The summed E-state index contributed by atoms with van der Waals surface area (Å²) in [5.74, 6) is -5.88. The Morgan fingerprint density at radius 3 is 2.55 bits per heavy atom. The van der Waals surface area contributed by atoms with Crippen LogP contribution in [0.1, 0.15) is 29.0 Å². The van der Waals surface area contributed by atoms with Crippen molar-refractivity contribution in [1.29, 1.82) is 10.5 Å². The van der Waals surface area contributed by atoms with Gasteiger partial charge in [-0.3, -0.25) is 0 Å². The van der Waals surface area contributed by atoms with Crippen molar-refractivity contribution in [2.24, 2.45) is 4.36 Å². The number of hydrogen-bond acceptors (Lipinski definition) is 6. The highest BCUT2D eigenvalue weighted by molar-refractivity contribution is 7.93. The number of aliphatic hydroxyl groups is 1. The number of benzene rings is 2. The molecule has 1 aliphatic carbocycles. The van der Waals surface area contributed by atoms with Crippen LogP contribution in [0.5, 0.6) is 11.5 Å². The van der Waals surface area contributed by atoms with Crippen LogP contribution in [-0.2, 0) is 9.73 Å². The van der Waals surface area contributed by atoms with Crippen molar-refractivity contribution in [1.82, 2.24) is 0 Å². The highest BCUT2D eigenvalue weighted by atomic mass is 32.2. The minimum absolute atomic E-state index is 0.125. The van der Waals surface area contributed by atoms with E-state index >= 15 is 0 Å². The summed E-state index contributed by atoms with van der Waals surface area (Å²) >= 11 is 0. The zero-order valence-electron chi connectivity index (χ0n) is 14.6. The maximum atomic E-state index is 14.6. The van der Waals surface area contributed by atoms with E-state index in [9.17, 15) is 26.9 Å². The summed E-state index contributed by atoms with van der Waals surface area (Å²) in [6, 6.07) is 6.57. The first-order chi connectivity index (χ1) is 13.5. The molecular formula is C18H11F4N3O3S. The average Bonchev–Trinajstić information content (AvgIpc) is 2.82. The molecule has 0 aromatic heterocycles. The Bertz CT molecular complexity index is 1210. The van der Waals surface area contributed by atoms with Crippen molar-refractivity contribution in [2.45, 2.75) is 23.1 Å². The first-order valence-electron chi connectivity index (χ1n) is 7.88. The minimum Gasteiger partial charge on any atom is -0.457 e. The largest absolute Gasteiger partial charge is 0.457 e. The van der Waals surface area contributed by atoms with Gasteiger partial charge in [-0.05, 0) is 24.3 Å². The summed E-state index contributed by atoms with van der Waals surface area (Å²) in [7, 11) is -3.55. The van der Waals surface area contributed by atoms with Gasteiger partial charge in [-0.1, -0.05) is 0 Å². The lowest BCUT2D eigenvalue weighted by atomic mass is 10.1. The molecule has 0 saturated carbocycles. The third-order valence-electron chi connectivity index (χ3n) is 4.29. The van der Waals surface area contributed by atoms with Gasteiger partial charge in [-0.2, -0.15) is 19.3 Å². The number of halogens is 4. The molecule has 0 saturated heterocycles. The van der Waals surface area contributed by atoms with Crippen LogP contribution in [0.4, 0.5) is 17.6 Å². The van der Waals surface area contributed by atoms with Crippen molar-refractivity contribution in [3.63, 3.8) is 0 Å². The Balaban J connectivity index is 2.25. The molecule has 0 aliphatic heterocycles. The summed E-state index contributed by atoms with van der Waals surface area (Å²) in [5.41, 5.74) is -1.62. The van der Waals surface area contributed by atoms with Crippen molar-refractivity contribution in [3.05, 3.63) is 52.8 Å². The van der Waals surface area contributed by atoms with Crippen LogP contribution in [0.3, 0.4) is 0 Å². The zero-order chi connectivity index (χ0) is 21.6. The molecule has 0 amide bonds. The van der Waals surface area contributed by atoms with Crippen molar-refractivity contribution in [2.75, 3.05) is 6.26 Å². The van der Waals surface area contributed by atoms with Crippen molar-refractivity contribution >= 4 is 9.73 Å². The molecule has 2 aromatic rings. The second kappa shape index (κ2) is 7.03. The van der Waals surface area contributed by atoms with E-state index in [0.29, 0.717) is 0 Å². The third kappa shape index (κ3) is 3.39. The monoisotopic (exact) mass is 425 g/mol. The van der Waals surface area contributed by atoms with Gasteiger partial charge in [0.1, 0.15) is 23.4 Å². The number of alkyl halides is 3. The van der Waals surface area contributed by atoms with Gasteiger partial charge in [0.05, 0.1) is 26.3 Å². The van der Waals surface area contributed by atoms with Gasteiger partial charge in [0.25, 0.3) is 0 Å². The second-order valence-electron chi connectivity index (χ2n) is 6.21. The van der Waals surface area contributed by atoms with Gasteiger partial charge in [0, 0.05) is 23.4 Å². The predicted octanol–water partition coefficient (Wildman–Crippen LogP) is 4.12. The highest BCUT2D eigenvalue weighted by Crippen LogP contribution is 2.57. The molecule has 0 fully saturated rings. The first-order valence-corrected chi connectivity index (χ1v) is 9.80. The molecule has 3 atom stereocenters. The molecule has 29 heavy (non-hydrogen) atoms. The Morgan fingerprint density at radius 1 is 1.24 bits per heavy atom. The van der Waals surface area contributed by atoms with E-state index in [1.807, 2.05) is 0 Å². The predicted molar refractivity (Wildman–Crippen MR) is 91.8 cm³/mol. The molecule has 0 heterocycles. The van der Waals surface area contributed by atoms with Crippen molar-refractivity contribution < 1.29 is 31.6 Å². The zero-order valence-corrected chi connectivity index (χ0v) is 15.4. The van der Waals surface area contributed by atoms with Gasteiger partial charge in [0.15, 0.2) is 6.17 Å². The minimum atomic E-state index is -4.27. The van der Waals surface area contributed by atoms with Crippen LogP contribution >= 0.6 is 0 Å². The standard InChI is InChI=1S/C18H11F4N3O3S/c1-29(27,25-8-24)13-3-2-12(14-15(13)17(26)18(21,22)16(14)20)28-11-5-9(7-23)4-10(19)6-11/h2-6,16-17,26H,1H3. The number of ether oxygens (including phenoxy) is 1. The molecule has 6 nitrogen and oxygen atoms in total. The van der Waals surface area contributed by atoms with Crippen LogP contribution in [0.15, 0.2) is 39.6 Å². The lowest BCUT2D eigenvalue weighted by Crippen LogP contribution is -2.24. The summed E-state index contributed by atoms with van der Waals surface area (Å²) < 4.78 is 77.7. The second-order valence-corrected chi connectivity index (χ2v) is 8.44. The molecule has 1 N–H and O–H groups in total. The topological polar surface area (TPSA) is 106 Å². The third-order valence-corrected chi connectivity index (χ3v) is 5.89. The fourth-order valence-corrected chi connectivity index (χ4v) is 4.23. The van der Waals surface area contributed by atoms with Crippen LogP contribution in [0, 0.1) is 28.6 Å². The Hall–Kier alpha value is -3.15. The molecule has 2 aromatic carbocycles. The van der Waals surface area contributed by atoms with E-state index in [4.69, 9.17) is 15.3 Å². The van der Waals surface area contributed by atoms with Gasteiger partial charge in [-0.15, -0.1) is 4.36 Å². The van der Waals surface area contributed by atoms with Gasteiger partial charge in [0.2, 0.25) is 6.19 Å². The maximum Gasteiger partial charge on any atom is 0.312 e. The van der Waals surface area contributed by atoms with Crippen LogP contribution < -0.4 is 4.74 Å². The maximum absolute atomic E-state index is 14.6. The summed E-state index contributed by atoms with van der Waals surface area (Å²) in [4.78, 5) is -0.439. The number of aliphatic hydroxyl groups excluding tert-OH is 1. The number of fused-ring (bicyclic) bond motifs is 1. The normalized spacial score (nSPS) is 21.4. The molecule has 0 bridgehead atoms. The number of hydrogen-bond donors (Lipinski definition) is 1. The quantitative estimate of drug-likeness (QED) is 0.588. The number of nitriles is 2. The number of rotatable bonds is 3. The summed E-state index contributed by atoms with van der Waals surface area (Å²) in [5, 5.41) is 27.6. The highest BCUT2D eigenvalue weighted by Gasteiger charge is 2.58. The molecule has 0 spiro atoms. The molecule has 150 valence electrons.